The molecule has 1 N–H and O–H groups in total. The average molecular weight is 182 g/mol. The lowest BCUT2D eigenvalue weighted by molar-refractivity contribution is 0.600. The molecule has 0 amide bonds. The molecule has 0 radical (unpaired) electrons. The van der Waals surface area contributed by atoms with Crippen LogP contribution >= 0.6 is 0 Å². The van der Waals surface area contributed by atoms with E-state index < -0.39 is 0 Å². The highest BCUT2D eigenvalue weighted by Gasteiger charge is 2.05. The van der Waals surface area contributed by atoms with E-state index >= 15 is 0 Å². The SMILES string of the molecule is CNCCC(C)c1cncc(F)c1. The number of halogens is 1. The Kier molecular flexibility index (Phi) is 3.83. The minimum Gasteiger partial charge on any atom is -0.320 e. The molecule has 0 aliphatic heterocycles. The molecule has 1 atom stereocenters. The highest BCUT2D eigenvalue weighted by molar-refractivity contribution is 5.14. The first-order valence-corrected chi connectivity index (χ1v) is 4.49. The number of nitrogens with zero attached hydrogens (tertiary/aromatic N) is 1. The summed E-state index contributed by atoms with van der Waals surface area (Å²) in [6, 6.07) is 1.55. The molecule has 1 unspecified atom stereocenters. The van der Waals surface area contributed by atoms with Gasteiger partial charge < -0.3 is 5.32 Å². The Hall–Kier alpha value is -0.960. The molecule has 72 valence electrons. The predicted molar refractivity (Wildman–Crippen MR) is 51.2 cm³/mol. The maximum Gasteiger partial charge on any atom is 0.141 e. The Bertz CT molecular complexity index is 263. The average Bonchev–Trinajstić information content (AvgIpc) is 2.14. The van der Waals surface area contributed by atoms with Gasteiger partial charge >= 0.3 is 0 Å². The zero-order valence-corrected chi connectivity index (χ0v) is 8.05. The summed E-state index contributed by atoms with van der Waals surface area (Å²) in [5, 5.41) is 3.07. The number of pyridine rings is 1. The second-order valence-corrected chi connectivity index (χ2v) is 3.23. The minimum absolute atomic E-state index is 0.256. The number of rotatable bonds is 4. The Morgan fingerprint density at radius 1 is 1.54 bits per heavy atom. The summed E-state index contributed by atoms with van der Waals surface area (Å²) in [6.07, 6.45) is 3.96. The monoisotopic (exact) mass is 182 g/mol. The maximum absolute atomic E-state index is 12.8. The van der Waals surface area contributed by atoms with E-state index in [0.717, 1.165) is 18.5 Å². The first-order chi connectivity index (χ1) is 6.24. The summed E-state index contributed by atoms with van der Waals surface area (Å²) in [4.78, 5) is 3.82. The smallest absolute Gasteiger partial charge is 0.141 e. The van der Waals surface area contributed by atoms with Crippen LogP contribution in [0, 0.1) is 5.82 Å². The lowest BCUT2D eigenvalue weighted by Gasteiger charge is -2.10. The van der Waals surface area contributed by atoms with Gasteiger partial charge in [0.05, 0.1) is 6.20 Å². The van der Waals surface area contributed by atoms with Gasteiger partial charge in [-0.1, -0.05) is 6.92 Å². The van der Waals surface area contributed by atoms with Crippen molar-refractivity contribution in [3.05, 3.63) is 29.8 Å². The second kappa shape index (κ2) is 4.92. The van der Waals surface area contributed by atoms with Gasteiger partial charge in [0.15, 0.2) is 0 Å². The van der Waals surface area contributed by atoms with Crippen molar-refractivity contribution in [1.82, 2.24) is 10.3 Å². The minimum atomic E-state index is -0.256. The summed E-state index contributed by atoms with van der Waals surface area (Å²) >= 11 is 0. The fraction of sp³-hybridized carbons (Fsp3) is 0.500. The van der Waals surface area contributed by atoms with Gasteiger partial charge in [-0.15, -0.1) is 0 Å². The van der Waals surface area contributed by atoms with Gasteiger partial charge in [0.25, 0.3) is 0 Å². The largest absolute Gasteiger partial charge is 0.320 e. The zero-order chi connectivity index (χ0) is 9.68. The Balaban J connectivity index is 2.60. The van der Waals surface area contributed by atoms with Crippen LogP contribution in [0.5, 0.6) is 0 Å². The van der Waals surface area contributed by atoms with Crippen molar-refractivity contribution in [1.29, 1.82) is 0 Å². The Morgan fingerprint density at radius 2 is 2.31 bits per heavy atom. The van der Waals surface area contributed by atoms with E-state index in [0.29, 0.717) is 5.92 Å². The Morgan fingerprint density at radius 3 is 2.92 bits per heavy atom. The van der Waals surface area contributed by atoms with Gasteiger partial charge in [-0.2, -0.15) is 0 Å². The molecule has 0 aliphatic carbocycles. The van der Waals surface area contributed by atoms with Crippen molar-refractivity contribution < 1.29 is 4.39 Å². The third-order valence-electron chi connectivity index (χ3n) is 2.12. The zero-order valence-electron chi connectivity index (χ0n) is 8.05. The van der Waals surface area contributed by atoms with Crippen molar-refractivity contribution in [3.63, 3.8) is 0 Å². The molecule has 0 fully saturated rings. The number of hydrogen-bond donors (Lipinski definition) is 1. The summed E-state index contributed by atoms with van der Waals surface area (Å²) in [6.45, 7) is 3.02. The van der Waals surface area contributed by atoms with Crippen molar-refractivity contribution in [2.24, 2.45) is 0 Å². The van der Waals surface area contributed by atoms with E-state index in [9.17, 15) is 4.39 Å². The van der Waals surface area contributed by atoms with E-state index in [-0.39, 0.29) is 5.82 Å². The van der Waals surface area contributed by atoms with E-state index in [1.54, 1.807) is 12.3 Å². The molecule has 2 nitrogen and oxygen atoms in total. The van der Waals surface area contributed by atoms with E-state index in [2.05, 4.69) is 17.2 Å². The molecule has 13 heavy (non-hydrogen) atoms. The fourth-order valence-electron chi connectivity index (χ4n) is 1.23. The van der Waals surface area contributed by atoms with E-state index in [4.69, 9.17) is 0 Å². The highest BCUT2D eigenvalue weighted by Crippen LogP contribution is 2.17. The van der Waals surface area contributed by atoms with Crippen LogP contribution in [0.2, 0.25) is 0 Å². The van der Waals surface area contributed by atoms with Gasteiger partial charge in [-0.3, -0.25) is 4.98 Å². The van der Waals surface area contributed by atoms with Crippen molar-refractivity contribution in [3.8, 4) is 0 Å². The van der Waals surface area contributed by atoms with Gasteiger partial charge in [0, 0.05) is 6.20 Å². The summed E-state index contributed by atoms with van der Waals surface area (Å²) < 4.78 is 12.8. The first kappa shape index (κ1) is 10.1. The van der Waals surface area contributed by atoms with Crippen LogP contribution in [-0.2, 0) is 0 Å². The Labute approximate surface area is 78.2 Å². The quantitative estimate of drug-likeness (QED) is 0.769. The third-order valence-corrected chi connectivity index (χ3v) is 2.12. The summed E-state index contributed by atoms with van der Waals surface area (Å²) in [5.74, 6) is 0.101. The molecule has 0 saturated heterocycles. The molecule has 1 aromatic heterocycles. The number of hydrogen-bond acceptors (Lipinski definition) is 2. The molecular weight excluding hydrogens is 167 g/mol. The predicted octanol–water partition coefficient (Wildman–Crippen LogP) is 1.93. The van der Waals surface area contributed by atoms with Crippen LogP contribution in [-0.4, -0.2) is 18.6 Å². The van der Waals surface area contributed by atoms with Crippen LogP contribution in [0.4, 0.5) is 4.39 Å². The highest BCUT2D eigenvalue weighted by atomic mass is 19.1. The molecule has 3 heteroatoms. The molecule has 0 spiro atoms. The molecular formula is C10H15FN2. The first-order valence-electron chi connectivity index (χ1n) is 4.49. The van der Waals surface area contributed by atoms with E-state index in [1.165, 1.54) is 6.20 Å². The van der Waals surface area contributed by atoms with Crippen molar-refractivity contribution in [2.75, 3.05) is 13.6 Å². The van der Waals surface area contributed by atoms with E-state index in [1.807, 2.05) is 7.05 Å². The van der Waals surface area contributed by atoms with Crippen LogP contribution in [0.25, 0.3) is 0 Å². The molecule has 0 aromatic carbocycles. The fourth-order valence-corrected chi connectivity index (χ4v) is 1.23. The van der Waals surface area contributed by atoms with Gasteiger partial charge in [-0.25, -0.2) is 4.39 Å². The van der Waals surface area contributed by atoms with Crippen molar-refractivity contribution in [2.45, 2.75) is 19.3 Å². The van der Waals surface area contributed by atoms with Gasteiger partial charge in [-0.05, 0) is 37.6 Å². The number of nitrogens with one attached hydrogen (secondary N) is 1. The van der Waals surface area contributed by atoms with Gasteiger partial charge in [0.1, 0.15) is 5.82 Å². The summed E-state index contributed by atoms with van der Waals surface area (Å²) in [5.41, 5.74) is 0.968. The molecule has 1 rings (SSSR count). The second-order valence-electron chi connectivity index (χ2n) is 3.23. The molecule has 1 heterocycles. The van der Waals surface area contributed by atoms with Crippen LogP contribution in [0.15, 0.2) is 18.5 Å². The summed E-state index contributed by atoms with van der Waals surface area (Å²) in [7, 11) is 1.91. The number of aromatic nitrogens is 1. The van der Waals surface area contributed by atoms with Crippen LogP contribution < -0.4 is 5.32 Å². The maximum atomic E-state index is 12.8. The van der Waals surface area contributed by atoms with Crippen LogP contribution in [0.1, 0.15) is 24.8 Å². The lowest BCUT2D eigenvalue weighted by Crippen LogP contribution is -2.10. The molecule has 0 aliphatic rings. The lowest BCUT2D eigenvalue weighted by atomic mass is 10.00. The normalized spacial score (nSPS) is 12.8. The third kappa shape index (κ3) is 3.11. The molecule has 0 bridgehead atoms. The van der Waals surface area contributed by atoms with Crippen LogP contribution in [0.3, 0.4) is 0 Å². The standard InChI is InChI=1S/C10H15FN2/c1-8(3-4-12-2)9-5-10(11)7-13-6-9/h5-8,12H,3-4H2,1-2H3. The molecule has 1 aromatic rings. The van der Waals surface area contributed by atoms with Crippen molar-refractivity contribution >= 4 is 0 Å². The topological polar surface area (TPSA) is 24.9 Å². The van der Waals surface area contributed by atoms with Gasteiger partial charge in [0.2, 0.25) is 0 Å². The molecule has 0 saturated carbocycles.